The van der Waals surface area contributed by atoms with Crippen molar-refractivity contribution in [3.8, 4) is 0 Å². The van der Waals surface area contributed by atoms with E-state index in [2.05, 4.69) is 88.6 Å². The molecule has 1 aliphatic heterocycles. The lowest BCUT2D eigenvalue weighted by molar-refractivity contribution is 0.0444. The van der Waals surface area contributed by atoms with Gasteiger partial charge in [0.05, 0.1) is 6.10 Å². The molecule has 0 aromatic carbocycles. The van der Waals surface area contributed by atoms with Crippen LogP contribution in [0.25, 0.3) is 0 Å². The van der Waals surface area contributed by atoms with Crippen molar-refractivity contribution in [2.24, 2.45) is 22.2 Å². The minimum Gasteiger partial charge on any atom is -0.380 e. The second-order valence-corrected chi connectivity index (χ2v) is 10.8. The number of nitrogens with zero attached hydrogens (tertiary/aromatic N) is 2. The lowest BCUT2D eigenvalue weighted by Gasteiger charge is -2.36. The lowest BCUT2D eigenvalue weighted by atomic mass is 9.86. The van der Waals surface area contributed by atoms with Crippen LogP contribution in [0.4, 0.5) is 0 Å². The number of likely N-dealkylation sites (tertiary alicyclic amines) is 1. The third-order valence-electron chi connectivity index (χ3n) is 6.93. The Morgan fingerprint density at radius 1 is 1.32 bits per heavy atom. The van der Waals surface area contributed by atoms with Gasteiger partial charge in [0.2, 0.25) is 0 Å². The lowest BCUT2D eigenvalue weighted by Crippen LogP contribution is -2.38. The van der Waals surface area contributed by atoms with Gasteiger partial charge in [-0.05, 0) is 54.4 Å². The SMILES string of the molecule is C=C/C(=C\C(=C)C(C)/C=C\N=C(/C)C(C)(C)C)C1CC=C(C(=C)N2CCCC(OC)C2)C=C1Cl. The van der Waals surface area contributed by atoms with Crippen molar-refractivity contribution in [1.29, 1.82) is 0 Å². The van der Waals surface area contributed by atoms with Crippen LogP contribution in [0, 0.1) is 17.3 Å². The predicted molar refractivity (Wildman–Crippen MR) is 149 cm³/mol. The molecule has 0 aromatic heterocycles. The molecule has 0 bridgehead atoms. The van der Waals surface area contributed by atoms with Crippen molar-refractivity contribution in [3.05, 3.63) is 83.8 Å². The van der Waals surface area contributed by atoms with Gasteiger partial charge < -0.3 is 9.64 Å². The molecule has 0 radical (unpaired) electrons. The van der Waals surface area contributed by atoms with Gasteiger partial charge in [-0.2, -0.15) is 0 Å². The Bertz CT molecular complexity index is 926. The minimum absolute atomic E-state index is 0.0712. The second kappa shape index (κ2) is 12.6. The summed E-state index contributed by atoms with van der Waals surface area (Å²) in [5, 5.41) is 0.812. The van der Waals surface area contributed by atoms with E-state index in [0.717, 1.165) is 65.5 Å². The third kappa shape index (κ3) is 7.71. The first-order chi connectivity index (χ1) is 16.0. The molecule has 34 heavy (non-hydrogen) atoms. The second-order valence-electron chi connectivity index (χ2n) is 10.4. The van der Waals surface area contributed by atoms with Gasteiger partial charge in [-0.15, -0.1) is 0 Å². The number of aliphatic imine (C=N–C) groups is 1. The first kappa shape index (κ1) is 28.1. The fourth-order valence-electron chi connectivity index (χ4n) is 3.97. The van der Waals surface area contributed by atoms with Crippen LogP contribution in [0.1, 0.15) is 53.9 Å². The summed E-state index contributed by atoms with van der Waals surface area (Å²) in [5.74, 6) is 0.245. The Morgan fingerprint density at radius 3 is 2.62 bits per heavy atom. The summed E-state index contributed by atoms with van der Waals surface area (Å²) >= 11 is 6.80. The van der Waals surface area contributed by atoms with E-state index in [1.165, 1.54) is 0 Å². The van der Waals surface area contributed by atoms with Crippen molar-refractivity contribution in [2.75, 3.05) is 20.2 Å². The zero-order chi connectivity index (χ0) is 25.5. The Hall–Kier alpha value is -2.10. The van der Waals surface area contributed by atoms with E-state index in [0.29, 0.717) is 0 Å². The summed E-state index contributed by atoms with van der Waals surface area (Å²) in [5.41, 5.74) is 5.40. The number of methoxy groups -OCH3 is 1. The molecule has 2 rings (SSSR count). The fourth-order valence-corrected chi connectivity index (χ4v) is 4.30. The van der Waals surface area contributed by atoms with E-state index < -0.39 is 0 Å². The van der Waals surface area contributed by atoms with Gasteiger partial charge in [0.25, 0.3) is 0 Å². The van der Waals surface area contributed by atoms with E-state index in [4.69, 9.17) is 16.3 Å². The molecule has 0 spiro atoms. The standard InChI is InChI=1S/C30H43ClN2O/c1-10-25(18-22(3)21(2)15-16-32-24(5)30(6,7)8)28-14-13-26(19-29(28)31)23(4)33-17-11-12-27(20-33)34-9/h10,13,15-16,18-19,21,27-28H,1,3-4,11-12,14,17,20H2,2,5-9H3/b16-15-,25-18+,32-24+. The summed E-state index contributed by atoms with van der Waals surface area (Å²) in [6, 6.07) is 0. The van der Waals surface area contributed by atoms with Gasteiger partial charge in [-0.1, -0.05) is 83.3 Å². The third-order valence-corrected chi connectivity index (χ3v) is 7.30. The molecule has 3 atom stereocenters. The van der Waals surface area contributed by atoms with Gasteiger partial charge in [0.1, 0.15) is 0 Å². The topological polar surface area (TPSA) is 24.8 Å². The monoisotopic (exact) mass is 482 g/mol. The average molecular weight is 483 g/mol. The molecule has 1 saturated heterocycles. The summed E-state index contributed by atoms with van der Waals surface area (Å²) in [6.45, 7) is 25.3. The Balaban J connectivity index is 2.08. The molecule has 1 aliphatic carbocycles. The highest BCUT2D eigenvalue weighted by Gasteiger charge is 2.25. The molecule has 4 heteroatoms. The van der Waals surface area contributed by atoms with Crippen molar-refractivity contribution < 1.29 is 4.74 Å². The predicted octanol–water partition coefficient (Wildman–Crippen LogP) is 8.01. The molecule has 2 aliphatic rings. The first-order valence-corrected chi connectivity index (χ1v) is 12.6. The highest BCUT2D eigenvalue weighted by Crippen LogP contribution is 2.36. The molecule has 1 fully saturated rings. The Kier molecular flexibility index (Phi) is 10.4. The van der Waals surface area contributed by atoms with E-state index >= 15 is 0 Å². The summed E-state index contributed by atoms with van der Waals surface area (Å²) in [6.07, 6.45) is 15.6. The molecule has 186 valence electrons. The number of piperidine rings is 1. The molecule has 0 amide bonds. The maximum absolute atomic E-state index is 6.80. The summed E-state index contributed by atoms with van der Waals surface area (Å²) in [7, 11) is 1.78. The number of ether oxygens (including phenoxy) is 1. The molecule has 0 N–H and O–H groups in total. The van der Waals surface area contributed by atoms with E-state index in [9.17, 15) is 0 Å². The van der Waals surface area contributed by atoms with Gasteiger partial charge in [0, 0.05) is 54.7 Å². The number of hydrogen-bond acceptors (Lipinski definition) is 3. The highest BCUT2D eigenvalue weighted by atomic mass is 35.5. The molecule has 1 heterocycles. The number of allylic oxidation sites excluding steroid dienone is 8. The molecule has 3 nitrogen and oxygen atoms in total. The van der Waals surface area contributed by atoms with Crippen molar-refractivity contribution in [3.63, 3.8) is 0 Å². The molecular formula is C30H43ClN2O. The molecular weight excluding hydrogens is 440 g/mol. The van der Waals surface area contributed by atoms with Crippen LogP contribution in [0.3, 0.4) is 0 Å². The van der Waals surface area contributed by atoms with Gasteiger partial charge >= 0.3 is 0 Å². The zero-order valence-corrected chi connectivity index (χ0v) is 22.8. The largest absolute Gasteiger partial charge is 0.380 e. The smallest absolute Gasteiger partial charge is 0.0746 e. The zero-order valence-electron chi connectivity index (χ0n) is 22.0. The fraction of sp³-hybridized carbons (Fsp3) is 0.500. The number of halogens is 1. The van der Waals surface area contributed by atoms with Crippen molar-refractivity contribution in [1.82, 2.24) is 4.90 Å². The normalized spacial score (nSPS) is 23.4. The Labute approximate surface area is 213 Å². The summed E-state index contributed by atoms with van der Waals surface area (Å²) < 4.78 is 5.57. The average Bonchev–Trinajstić information content (AvgIpc) is 2.81. The number of rotatable bonds is 9. The van der Waals surface area contributed by atoms with E-state index in [1.807, 2.05) is 12.3 Å². The van der Waals surface area contributed by atoms with Crippen LogP contribution in [0.2, 0.25) is 0 Å². The maximum atomic E-state index is 6.80. The van der Waals surface area contributed by atoms with Gasteiger partial charge in [-0.3, -0.25) is 4.99 Å². The van der Waals surface area contributed by atoms with Gasteiger partial charge in [0.15, 0.2) is 0 Å². The minimum atomic E-state index is 0.0712. The highest BCUT2D eigenvalue weighted by molar-refractivity contribution is 6.30. The summed E-state index contributed by atoms with van der Waals surface area (Å²) in [4.78, 5) is 6.90. The number of hydrogen-bond donors (Lipinski definition) is 0. The molecule has 3 unspecified atom stereocenters. The first-order valence-electron chi connectivity index (χ1n) is 12.3. The van der Waals surface area contributed by atoms with Crippen LogP contribution in [-0.4, -0.2) is 36.9 Å². The van der Waals surface area contributed by atoms with E-state index in [-0.39, 0.29) is 23.4 Å². The van der Waals surface area contributed by atoms with Crippen LogP contribution < -0.4 is 0 Å². The van der Waals surface area contributed by atoms with Crippen molar-refractivity contribution in [2.45, 2.75) is 60.0 Å². The quantitative estimate of drug-likeness (QED) is 0.245. The maximum Gasteiger partial charge on any atom is 0.0746 e. The Morgan fingerprint density at radius 2 is 2.03 bits per heavy atom. The van der Waals surface area contributed by atoms with Crippen LogP contribution in [0.15, 0.2) is 88.8 Å². The molecule has 0 aromatic rings. The van der Waals surface area contributed by atoms with Crippen molar-refractivity contribution >= 4 is 17.3 Å². The van der Waals surface area contributed by atoms with Crippen LogP contribution in [0.5, 0.6) is 0 Å². The van der Waals surface area contributed by atoms with E-state index in [1.54, 1.807) is 7.11 Å². The van der Waals surface area contributed by atoms with Crippen LogP contribution >= 0.6 is 11.6 Å². The van der Waals surface area contributed by atoms with Gasteiger partial charge in [-0.25, -0.2) is 0 Å². The van der Waals surface area contributed by atoms with Crippen LogP contribution in [-0.2, 0) is 4.74 Å². The molecule has 0 saturated carbocycles.